The van der Waals surface area contributed by atoms with Gasteiger partial charge in [0.2, 0.25) is 0 Å². The highest BCUT2D eigenvalue weighted by Gasteiger charge is 2.46. The van der Waals surface area contributed by atoms with Crippen molar-refractivity contribution in [3.05, 3.63) is 127 Å². The normalized spacial score (nSPS) is 20.3. The van der Waals surface area contributed by atoms with Crippen LogP contribution in [-0.4, -0.2) is 30.6 Å². The van der Waals surface area contributed by atoms with Crippen LogP contribution >= 0.6 is 15.9 Å². The van der Waals surface area contributed by atoms with E-state index in [1.54, 1.807) is 42.5 Å². The smallest absolute Gasteiger partial charge is 0.352 e. The molecule has 1 aliphatic heterocycles. The molecule has 0 amide bonds. The second kappa shape index (κ2) is 8.51. The molecule has 0 saturated carbocycles. The van der Waals surface area contributed by atoms with E-state index in [0.717, 1.165) is 15.3 Å². The van der Waals surface area contributed by atoms with E-state index in [2.05, 4.69) is 15.9 Å². The maximum atomic E-state index is 13.8. The van der Waals surface area contributed by atoms with E-state index in [-0.39, 0.29) is 40.3 Å². The van der Waals surface area contributed by atoms with Crippen molar-refractivity contribution in [3.63, 3.8) is 0 Å². The number of aromatic hydroxyl groups is 1. The van der Waals surface area contributed by atoms with Crippen molar-refractivity contribution in [2.75, 3.05) is 0 Å². The van der Waals surface area contributed by atoms with Gasteiger partial charge in [0.25, 0.3) is 0 Å². The molecule has 4 aromatic rings. The van der Waals surface area contributed by atoms with Crippen molar-refractivity contribution in [2.45, 2.75) is 24.9 Å². The Bertz CT molecular complexity index is 1970. The van der Waals surface area contributed by atoms with Gasteiger partial charge in [-0.05, 0) is 50.5 Å². The minimum absolute atomic E-state index is 0.0156. The van der Waals surface area contributed by atoms with Crippen molar-refractivity contribution in [1.82, 2.24) is 13.9 Å². The van der Waals surface area contributed by atoms with Crippen molar-refractivity contribution >= 4 is 38.3 Å². The summed E-state index contributed by atoms with van der Waals surface area (Å²) in [5.74, 6) is -1.47. The molecule has 1 N–H and O–H groups in total. The summed E-state index contributed by atoms with van der Waals surface area (Å²) in [6.07, 6.45) is 3.19. The molecule has 9 heteroatoms. The Morgan fingerprint density at radius 3 is 2.41 bits per heavy atom. The Morgan fingerprint density at radius 1 is 0.872 bits per heavy atom. The first kappa shape index (κ1) is 23.6. The van der Waals surface area contributed by atoms with Crippen LogP contribution in [-0.2, 0) is 16.1 Å². The van der Waals surface area contributed by atoms with E-state index < -0.39 is 23.3 Å². The number of carbonyl (C=O) groups is 2. The van der Waals surface area contributed by atoms with Gasteiger partial charge in [0.15, 0.2) is 11.6 Å². The summed E-state index contributed by atoms with van der Waals surface area (Å²) < 4.78 is 4.03. The zero-order chi connectivity index (χ0) is 27.0. The van der Waals surface area contributed by atoms with Crippen molar-refractivity contribution < 1.29 is 14.7 Å². The molecule has 0 saturated heterocycles. The Morgan fingerprint density at radius 2 is 1.62 bits per heavy atom. The minimum atomic E-state index is -0.783. The summed E-state index contributed by atoms with van der Waals surface area (Å²) in [5, 5.41) is 12.8. The Kier molecular flexibility index (Phi) is 5.15. The van der Waals surface area contributed by atoms with Crippen LogP contribution in [0.3, 0.4) is 0 Å². The van der Waals surface area contributed by atoms with Crippen LogP contribution in [0, 0.1) is 0 Å². The number of halogens is 1. The average molecular weight is 582 g/mol. The number of hydrogen-bond acceptors (Lipinski definition) is 5. The number of rotatable bonds is 2. The largest absolute Gasteiger partial charge is 0.508 e. The topological polar surface area (TPSA) is 103 Å². The minimum Gasteiger partial charge on any atom is -0.508 e. The third-order valence-corrected chi connectivity index (χ3v) is 8.44. The highest BCUT2D eigenvalue weighted by molar-refractivity contribution is 9.12. The lowest BCUT2D eigenvalue weighted by molar-refractivity contribution is -0.115. The Labute approximate surface area is 229 Å². The van der Waals surface area contributed by atoms with E-state index in [9.17, 15) is 24.3 Å². The Balaban J connectivity index is 1.52. The third-order valence-electron chi connectivity index (χ3n) is 7.85. The first-order valence-electron chi connectivity index (χ1n) is 12.5. The number of ketones is 2. The van der Waals surface area contributed by atoms with E-state index in [1.807, 2.05) is 30.3 Å². The molecule has 1 aromatic heterocycles. The fourth-order valence-corrected chi connectivity index (χ4v) is 6.64. The van der Waals surface area contributed by atoms with Gasteiger partial charge < -0.3 is 5.11 Å². The molecule has 39 heavy (non-hydrogen) atoms. The van der Waals surface area contributed by atoms with Gasteiger partial charge in [-0.3, -0.25) is 9.59 Å². The fraction of sp³-hybridized carbons (Fsp3) is 0.133. The van der Waals surface area contributed by atoms with Crippen molar-refractivity contribution in [2.24, 2.45) is 0 Å². The summed E-state index contributed by atoms with van der Waals surface area (Å²) in [6, 6.07) is 18.9. The molecule has 0 unspecified atom stereocenters. The summed E-state index contributed by atoms with van der Waals surface area (Å²) in [5.41, 5.74) is 1.18. The molecule has 3 aliphatic rings. The summed E-state index contributed by atoms with van der Waals surface area (Å²) in [6.45, 7) is 0.103. The highest BCUT2D eigenvalue weighted by atomic mass is 79.9. The van der Waals surface area contributed by atoms with Crippen molar-refractivity contribution in [1.29, 1.82) is 0 Å². The molecular formula is C30H20BrN3O5. The molecule has 3 aromatic carbocycles. The summed E-state index contributed by atoms with van der Waals surface area (Å²) in [7, 11) is 0. The van der Waals surface area contributed by atoms with E-state index in [4.69, 9.17) is 0 Å². The van der Waals surface area contributed by atoms with Crippen LogP contribution in [0.1, 0.15) is 23.9 Å². The number of Topliss-reactive ketones (excluding diaryl/α,β-unsaturated/α-hetero) is 1. The molecule has 0 radical (unpaired) electrons. The number of phenolic OH excluding ortho intramolecular Hbond substituents is 1. The molecule has 0 bridgehead atoms. The van der Waals surface area contributed by atoms with Gasteiger partial charge in [-0.1, -0.05) is 54.6 Å². The number of benzene rings is 3. The molecule has 7 rings (SSSR count). The van der Waals surface area contributed by atoms with Gasteiger partial charge in [0.1, 0.15) is 5.75 Å². The highest BCUT2D eigenvalue weighted by Crippen LogP contribution is 2.53. The molecule has 2 atom stereocenters. The van der Waals surface area contributed by atoms with E-state index in [0.29, 0.717) is 22.4 Å². The standard InChI is InChI=1S/C30H20BrN3O5/c31-21-15-24(36)26-20(28(21)37)14-22-19(27(26)25-18-9-5-4-6-16(18)10-11-23(25)35)12-13-32-29(38)33(30(39)34(22)32)17-7-2-1-3-8-17/h1-12,15,22,27,35H,13-14H2/t22-,27-/m1/s1. The van der Waals surface area contributed by atoms with Crippen LogP contribution in [0.25, 0.3) is 16.5 Å². The maximum absolute atomic E-state index is 13.8. The third kappa shape index (κ3) is 3.29. The molecule has 0 spiro atoms. The average Bonchev–Trinajstić information content (AvgIpc) is 3.21. The number of carbonyl (C=O) groups excluding carboxylic acids is 2. The van der Waals surface area contributed by atoms with Crippen LogP contribution in [0.2, 0.25) is 0 Å². The fourth-order valence-electron chi connectivity index (χ4n) is 6.20. The van der Waals surface area contributed by atoms with Gasteiger partial charge in [-0.2, -0.15) is 0 Å². The van der Waals surface area contributed by atoms with Gasteiger partial charge in [0.05, 0.1) is 22.8 Å². The summed E-state index contributed by atoms with van der Waals surface area (Å²) >= 11 is 3.23. The molecule has 2 heterocycles. The second-order valence-electron chi connectivity index (χ2n) is 9.82. The van der Waals surface area contributed by atoms with Crippen LogP contribution in [0.15, 0.2) is 110 Å². The van der Waals surface area contributed by atoms with E-state index in [1.165, 1.54) is 15.4 Å². The molecule has 192 valence electrons. The molecule has 8 nitrogen and oxygen atoms in total. The Hall–Kier alpha value is -4.50. The number of fused-ring (bicyclic) bond motifs is 4. The van der Waals surface area contributed by atoms with Gasteiger partial charge in [0, 0.05) is 35.1 Å². The van der Waals surface area contributed by atoms with Gasteiger partial charge >= 0.3 is 11.4 Å². The van der Waals surface area contributed by atoms with Crippen LogP contribution in [0.4, 0.5) is 0 Å². The summed E-state index contributed by atoms with van der Waals surface area (Å²) in [4.78, 5) is 54.2. The zero-order valence-electron chi connectivity index (χ0n) is 20.4. The van der Waals surface area contributed by atoms with E-state index >= 15 is 0 Å². The number of allylic oxidation sites excluding steroid dienone is 6. The number of nitrogens with zero attached hydrogens (tertiary/aromatic N) is 3. The predicted octanol–water partition coefficient (Wildman–Crippen LogP) is 4.06. The number of hydrogen-bond donors (Lipinski definition) is 1. The molecule has 0 fully saturated rings. The second-order valence-corrected chi connectivity index (χ2v) is 10.7. The first-order chi connectivity index (χ1) is 18.9. The van der Waals surface area contributed by atoms with Gasteiger partial charge in [-0.25, -0.2) is 23.5 Å². The number of phenols is 1. The predicted molar refractivity (Wildman–Crippen MR) is 148 cm³/mol. The lowest BCUT2D eigenvalue weighted by Crippen LogP contribution is -2.40. The lowest BCUT2D eigenvalue weighted by atomic mass is 9.68. The molecular weight excluding hydrogens is 562 g/mol. The van der Waals surface area contributed by atoms with Gasteiger partial charge in [-0.15, -0.1) is 0 Å². The van der Waals surface area contributed by atoms with Crippen LogP contribution in [0.5, 0.6) is 5.75 Å². The lowest BCUT2D eigenvalue weighted by Gasteiger charge is -2.39. The first-order valence-corrected chi connectivity index (χ1v) is 13.3. The number of para-hydroxylation sites is 1. The zero-order valence-corrected chi connectivity index (χ0v) is 22.0. The molecule has 2 aliphatic carbocycles. The van der Waals surface area contributed by atoms with Crippen LogP contribution < -0.4 is 11.4 Å². The SMILES string of the molecule is O=C1C=C(Br)C(=O)C2=C1[C@@H](c1c(O)ccc3ccccc13)C1=CCn3c(=O)n(-c4ccccc4)c(=O)n3[C@@H]1C2. The number of aromatic nitrogens is 3. The maximum Gasteiger partial charge on any atom is 0.352 e. The quantitative estimate of drug-likeness (QED) is 0.284. The van der Waals surface area contributed by atoms with Crippen molar-refractivity contribution in [3.8, 4) is 11.4 Å². The monoisotopic (exact) mass is 581 g/mol.